The third kappa shape index (κ3) is 4.35. The lowest BCUT2D eigenvalue weighted by molar-refractivity contribution is -0.125. The van der Waals surface area contributed by atoms with Crippen molar-refractivity contribution in [3.05, 3.63) is 65.6 Å². The average Bonchev–Trinajstić information content (AvgIpc) is 3.24. The van der Waals surface area contributed by atoms with Crippen LogP contribution >= 0.6 is 0 Å². The monoisotopic (exact) mass is 324 g/mol. The molecule has 1 aliphatic carbocycles. The molecule has 0 radical (unpaired) electrons. The van der Waals surface area contributed by atoms with E-state index in [9.17, 15) is 9.59 Å². The maximum atomic E-state index is 12.1. The summed E-state index contributed by atoms with van der Waals surface area (Å²) in [7, 11) is 1.74. The van der Waals surface area contributed by atoms with Crippen molar-refractivity contribution in [2.75, 3.05) is 7.05 Å². The van der Waals surface area contributed by atoms with Crippen LogP contribution in [-0.4, -0.2) is 29.8 Å². The number of carbonyl (C=O) groups excluding carboxylic acids is 2. The Morgan fingerprint density at radius 1 is 1.25 bits per heavy atom. The van der Waals surface area contributed by atoms with Gasteiger partial charge in [-0.2, -0.15) is 0 Å². The van der Waals surface area contributed by atoms with Gasteiger partial charge in [-0.15, -0.1) is 0 Å². The molecule has 124 valence electrons. The lowest BCUT2D eigenvalue weighted by Crippen LogP contribution is -2.26. The summed E-state index contributed by atoms with van der Waals surface area (Å²) in [4.78, 5) is 25.6. The van der Waals surface area contributed by atoms with Gasteiger partial charge < -0.3 is 14.6 Å². The van der Waals surface area contributed by atoms with Crippen LogP contribution in [0.5, 0.6) is 0 Å². The summed E-state index contributed by atoms with van der Waals surface area (Å²) < 4.78 is 5.15. The summed E-state index contributed by atoms with van der Waals surface area (Å²) >= 11 is 0. The van der Waals surface area contributed by atoms with E-state index in [4.69, 9.17) is 4.42 Å². The number of nitrogens with one attached hydrogen (secondary N) is 1. The van der Waals surface area contributed by atoms with Crippen molar-refractivity contribution >= 4 is 17.9 Å². The van der Waals surface area contributed by atoms with E-state index in [1.165, 1.54) is 6.08 Å². The summed E-state index contributed by atoms with van der Waals surface area (Å²) in [6.07, 6.45) is 6.83. The molecule has 1 N–H and O–H groups in total. The van der Waals surface area contributed by atoms with Crippen LogP contribution in [0.25, 0.3) is 6.08 Å². The smallest absolute Gasteiger partial charge is 0.251 e. The van der Waals surface area contributed by atoms with E-state index >= 15 is 0 Å². The molecule has 1 aliphatic rings. The van der Waals surface area contributed by atoms with Gasteiger partial charge in [0.2, 0.25) is 5.91 Å². The number of hydrogen-bond acceptors (Lipinski definition) is 3. The predicted octanol–water partition coefficient (Wildman–Crippen LogP) is 2.84. The second kappa shape index (κ2) is 7.17. The van der Waals surface area contributed by atoms with Crippen molar-refractivity contribution in [2.24, 2.45) is 0 Å². The second-order valence-corrected chi connectivity index (χ2v) is 5.99. The number of carbonyl (C=O) groups is 2. The lowest BCUT2D eigenvalue weighted by Gasteiger charge is -2.15. The van der Waals surface area contributed by atoms with Crippen molar-refractivity contribution in [1.82, 2.24) is 10.2 Å². The van der Waals surface area contributed by atoms with Crippen molar-refractivity contribution in [2.45, 2.75) is 25.4 Å². The minimum atomic E-state index is -0.109. The maximum Gasteiger partial charge on any atom is 0.251 e. The number of rotatable bonds is 6. The molecule has 1 fully saturated rings. The van der Waals surface area contributed by atoms with Crippen LogP contribution in [0.1, 0.15) is 34.5 Å². The molecule has 1 saturated carbocycles. The first kappa shape index (κ1) is 16.1. The van der Waals surface area contributed by atoms with Crippen LogP contribution in [0.2, 0.25) is 0 Å². The van der Waals surface area contributed by atoms with E-state index in [1.54, 1.807) is 48.6 Å². The Morgan fingerprint density at radius 2 is 2.00 bits per heavy atom. The number of hydrogen-bond donors (Lipinski definition) is 1. The minimum absolute atomic E-state index is 0.0325. The van der Waals surface area contributed by atoms with Crippen LogP contribution in [0, 0.1) is 0 Å². The standard InChI is InChI=1S/C19H20N2O3/c1-21(18(22)11-10-17-3-2-12-24-17)13-14-4-6-15(7-5-14)19(23)20-16-8-9-16/h2-7,10-12,16H,8-9,13H2,1H3,(H,20,23). The highest BCUT2D eigenvalue weighted by atomic mass is 16.3. The molecular formula is C19H20N2O3. The van der Waals surface area contributed by atoms with Crippen LogP contribution in [-0.2, 0) is 11.3 Å². The zero-order chi connectivity index (χ0) is 16.9. The molecule has 2 aromatic rings. The number of furan rings is 1. The van der Waals surface area contributed by atoms with Gasteiger partial charge in [0.05, 0.1) is 6.26 Å². The second-order valence-electron chi connectivity index (χ2n) is 5.99. The average molecular weight is 324 g/mol. The van der Waals surface area contributed by atoms with Crippen molar-refractivity contribution in [3.63, 3.8) is 0 Å². The fourth-order valence-electron chi connectivity index (χ4n) is 2.28. The Hall–Kier alpha value is -2.82. The summed E-state index contributed by atoms with van der Waals surface area (Å²) in [6, 6.07) is 11.3. The highest BCUT2D eigenvalue weighted by Crippen LogP contribution is 2.19. The molecule has 0 atom stereocenters. The summed E-state index contributed by atoms with van der Waals surface area (Å²) in [6.45, 7) is 0.478. The van der Waals surface area contributed by atoms with E-state index in [1.807, 2.05) is 12.1 Å². The zero-order valence-corrected chi connectivity index (χ0v) is 13.6. The van der Waals surface area contributed by atoms with Gasteiger partial charge in [0.25, 0.3) is 5.91 Å². The Bertz CT molecular complexity index is 728. The van der Waals surface area contributed by atoms with Crippen molar-refractivity contribution < 1.29 is 14.0 Å². The third-order valence-corrected chi connectivity index (χ3v) is 3.86. The molecule has 5 nitrogen and oxygen atoms in total. The molecule has 1 aromatic heterocycles. The maximum absolute atomic E-state index is 12.1. The molecule has 1 heterocycles. The largest absolute Gasteiger partial charge is 0.465 e. The molecule has 0 unspecified atom stereocenters. The molecule has 1 aromatic carbocycles. The zero-order valence-electron chi connectivity index (χ0n) is 13.6. The molecule has 3 rings (SSSR count). The summed E-state index contributed by atoms with van der Waals surface area (Å²) in [5.41, 5.74) is 1.62. The third-order valence-electron chi connectivity index (χ3n) is 3.86. The van der Waals surface area contributed by atoms with Gasteiger partial charge in [-0.25, -0.2) is 0 Å². The van der Waals surface area contributed by atoms with Gasteiger partial charge in [-0.3, -0.25) is 9.59 Å². The fourth-order valence-corrected chi connectivity index (χ4v) is 2.28. The molecule has 0 spiro atoms. The molecule has 5 heteroatoms. The van der Waals surface area contributed by atoms with Crippen LogP contribution in [0.4, 0.5) is 0 Å². The van der Waals surface area contributed by atoms with Gasteiger partial charge in [0.15, 0.2) is 0 Å². The molecule has 0 saturated heterocycles. The van der Waals surface area contributed by atoms with Gasteiger partial charge >= 0.3 is 0 Å². The Kier molecular flexibility index (Phi) is 4.79. The highest BCUT2D eigenvalue weighted by molar-refractivity contribution is 5.94. The van der Waals surface area contributed by atoms with Crippen LogP contribution in [0.3, 0.4) is 0 Å². The van der Waals surface area contributed by atoms with Gasteiger partial charge in [-0.05, 0) is 48.7 Å². The number of amides is 2. The van der Waals surface area contributed by atoms with E-state index in [0.717, 1.165) is 18.4 Å². The van der Waals surface area contributed by atoms with Gasteiger partial charge in [-0.1, -0.05) is 12.1 Å². The molecular weight excluding hydrogens is 304 g/mol. The van der Waals surface area contributed by atoms with E-state index < -0.39 is 0 Å². The Morgan fingerprint density at radius 3 is 2.62 bits per heavy atom. The Labute approximate surface area is 141 Å². The fraction of sp³-hybridized carbons (Fsp3) is 0.263. The Balaban J connectivity index is 1.54. The van der Waals surface area contributed by atoms with Gasteiger partial charge in [0.1, 0.15) is 5.76 Å². The molecule has 0 bridgehead atoms. The number of likely N-dealkylation sites (N-methyl/N-ethyl adjacent to an activating group) is 1. The first-order chi connectivity index (χ1) is 11.6. The predicted molar refractivity (Wildman–Crippen MR) is 91.1 cm³/mol. The topological polar surface area (TPSA) is 62.6 Å². The first-order valence-corrected chi connectivity index (χ1v) is 7.98. The number of benzene rings is 1. The lowest BCUT2D eigenvalue weighted by atomic mass is 10.1. The van der Waals surface area contributed by atoms with Crippen molar-refractivity contribution in [3.8, 4) is 0 Å². The molecule has 2 amide bonds. The number of nitrogens with zero attached hydrogens (tertiary/aromatic N) is 1. The quantitative estimate of drug-likeness (QED) is 0.831. The van der Waals surface area contributed by atoms with Crippen LogP contribution in [0.15, 0.2) is 53.2 Å². The normalized spacial score (nSPS) is 13.9. The minimum Gasteiger partial charge on any atom is -0.465 e. The van der Waals surface area contributed by atoms with Crippen LogP contribution < -0.4 is 5.32 Å². The van der Waals surface area contributed by atoms with E-state index in [2.05, 4.69) is 5.32 Å². The van der Waals surface area contributed by atoms with Gasteiger partial charge in [0, 0.05) is 31.3 Å². The van der Waals surface area contributed by atoms with Crippen molar-refractivity contribution in [1.29, 1.82) is 0 Å². The SMILES string of the molecule is CN(Cc1ccc(C(=O)NC2CC2)cc1)C(=O)C=Cc1ccco1. The van der Waals surface area contributed by atoms with E-state index in [-0.39, 0.29) is 11.8 Å². The summed E-state index contributed by atoms with van der Waals surface area (Å²) in [5, 5.41) is 2.96. The van der Waals surface area contributed by atoms with E-state index in [0.29, 0.717) is 23.9 Å². The molecule has 24 heavy (non-hydrogen) atoms. The highest BCUT2D eigenvalue weighted by Gasteiger charge is 2.23. The first-order valence-electron chi connectivity index (χ1n) is 7.98. The molecule has 0 aliphatic heterocycles. The summed E-state index contributed by atoms with van der Waals surface area (Å²) in [5.74, 6) is 0.500.